The first-order valence-corrected chi connectivity index (χ1v) is 6.62. The number of methoxy groups -OCH3 is 1. The minimum absolute atomic E-state index is 0.464. The number of tetrazole rings is 1. The summed E-state index contributed by atoms with van der Waals surface area (Å²) in [5.74, 6) is 0.854. The van der Waals surface area contributed by atoms with E-state index in [4.69, 9.17) is 4.74 Å². The highest BCUT2D eigenvalue weighted by Crippen LogP contribution is 2.20. The van der Waals surface area contributed by atoms with Gasteiger partial charge in [0.1, 0.15) is 5.75 Å². The lowest BCUT2D eigenvalue weighted by atomic mass is 10.2. The minimum Gasteiger partial charge on any atom is -0.497 e. The number of benzene rings is 1. The maximum Gasteiger partial charge on any atom is 0.209 e. The van der Waals surface area contributed by atoms with Crippen molar-refractivity contribution >= 4 is 11.8 Å². The third-order valence-electron chi connectivity index (χ3n) is 2.33. The molecule has 0 radical (unpaired) electrons. The molecule has 96 valence electrons. The number of hydrogen-bond donors (Lipinski definition) is 0. The lowest BCUT2D eigenvalue weighted by Gasteiger charge is -2.06. The zero-order valence-electron chi connectivity index (χ0n) is 10.7. The fourth-order valence-electron chi connectivity index (χ4n) is 1.49. The van der Waals surface area contributed by atoms with E-state index in [0.29, 0.717) is 11.8 Å². The molecule has 0 atom stereocenters. The van der Waals surface area contributed by atoms with Crippen LogP contribution in [-0.4, -0.2) is 32.6 Å². The summed E-state index contributed by atoms with van der Waals surface area (Å²) < 4.78 is 6.94. The standard InChI is InChI=1S/C12H16N4OS/c1-9(2)18-12-13-14-15-16(12)8-10-4-6-11(17-3)7-5-10/h4-7,9H,8H2,1-3H3. The van der Waals surface area contributed by atoms with Gasteiger partial charge in [0.2, 0.25) is 5.16 Å². The Kier molecular flexibility index (Phi) is 4.19. The summed E-state index contributed by atoms with van der Waals surface area (Å²) in [6.07, 6.45) is 0. The normalized spacial score (nSPS) is 10.9. The zero-order chi connectivity index (χ0) is 13.0. The van der Waals surface area contributed by atoms with Crippen molar-refractivity contribution in [3.8, 4) is 5.75 Å². The van der Waals surface area contributed by atoms with E-state index in [1.165, 1.54) is 0 Å². The van der Waals surface area contributed by atoms with Gasteiger partial charge < -0.3 is 4.74 Å². The summed E-state index contributed by atoms with van der Waals surface area (Å²) in [4.78, 5) is 0. The second kappa shape index (κ2) is 5.86. The molecule has 0 aliphatic carbocycles. The first-order chi connectivity index (χ1) is 8.69. The van der Waals surface area contributed by atoms with Crippen LogP contribution >= 0.6 is 11.8 Å². The van der Waals surface area contributed by atoms with E-state index >= 15 is 0 Å². The molecule has 5 nitrogen and oxygen atoms in total. The van der Waals surface area contributed by atoms with Crippen LogP contribution in [0.25, 0.3) is 0 Å². The molecule has 0 saturated carbocycles. The van der Waals surface area contributed by atoms with Gasteiger partial charge in [-0.2, -0.15) is 0 Å². The highest BCUT2D eigenvalue weighted by Gasteiger charge is 2.09. The Labute approximate surface area is 111 Å². The maximum absolute atomic E-state index is 5.13. The molecule has 6 heteroatoms. The van der Waals surface area contributed by atoms with Crippen LogP contribution in [0.2, 0.25) is 0 Å². The Morgan fingerprint density at radius 2 is 2.00 bits per heavy atom. The van der Waals surface area contributed by atoms with E-state index in [-0.39, 0.29) is 0 Å². The SMILES string of the molecule is COc1ccc(Cn2nnnc2SC(C)C)cc1. The third-order valence-corrected chi connectivity index (χ3v) is 3.31. The number of aromatic nitrogens is 4. The lowest BCUT2D eigenvalue weighted by Crippen LogP contribution is -2.05. The summed E-state index contributed by atoms with van der Waals surface area (Å²) in [7, 11) is 1.66. The van der Waals surface area contributed by atoms with Crippen LogP contribution in [0.1, 0.15) is 19.4 Å². The van der Waals surface area contributed by atoms with Gasteiger partial charge in [-0.1, -0.05) is 37.7 Å². The summed E-state index contributed by atoms with van der Waals surface area (Å²) in [5.41, 5.74) is 1.15. The molecule has 0 unspecified atom stereocenters. The zero-order valence-corrected chi connectivity index (χ0v) is 11.5. The van der Waals surface area contributed by atoms with Crippen molar-refractivity contribution in [2.24, 2.45) is 0 Å². The van der Waals surface area contributed by atoms with Gasteiger partial charge in [0.05, 0.1) is 13.7 Å². The summed E-state index contributed by atoms with van der Waals surface area (Å²) in [6.45, 7) is 4.92. The van der Waals surface area contributed by atoms with E-state index in [2.05, 4.69) is 29.4 Å². The van der Waals surface area contributed by atoms with Gasteiger partial charge in [-0.3, -0.25) is 0 Å². The molecule has 18 heavy (non-hydrogen) atoms. The first kappa shape index (κ1) is 12.9. The summed E-state index contributed by atoms with van der Waals surface area (Å²) in [6, 6.07) is 7.92. The van der Waals surface area contributed by atoms with E-state index in [1.807, 2.05) is 28.9 Å². The van der Waals surface area contributed by atoms with Crippen LogP contribution in [0.5, 0.6) is 5.75 Å². The quantitative estimate of drug-likeness (QED) is 0.775. The van der Waals surface area contributed by atoms with Gasteiger partial charge in [0, 0.05) is 5.25 Å². The Bertz CT molecular complexity index is 495. The van der Waals surface area contributed by atoms with Crippen molar-refractivity contribution in [1.82, 2.24) is 20.2 Å². The Hall–Kier alpha value is -1.56. The molecule has 0 fully saturated rings. The second-order valence-corrected chi connectivity index (χ2v) is 5.68. The van der Waals surface area contributed by atoms with E-state index in [1.54, 1.807) is 18.9 Å². The van der Waals surface area contributed by atoms with Gasteiger partial charge in [-0.25, -0.2) is 4.68 Å². The second-order valence-electron chi connectivity index (χ2n) is 4.13. The fourth-order valence-corrected chi connectivity index (χ4v) is 2.22. The van der Waals surface area contributed by atoms with Crippen molar-refractivity contribution in [2.45, 2.75) is 30.8 Å². The summed E-state index contributed by atoms with van der Waals surface area (Å²) in [5, 5.41) is 13.1. The lowest BCUT2D eigenvalue weighted by molar-refractivity contribution is 0.414. The molecule has 0 aliphatic rings. The van der Waals surface area contributed by atoms with E-state index in [9.17, 15) is 0 Å². The van der Waals surface area contributed by atoms with Gasteiger partial charge in [-0.15, -0.1) is 5.10 Å². The Morgan fingerprint density at radius 1 is 1.28 bits per heavy atom. The topological polar surface area (TPSA) is 52.8 Å². The van der Waals surface area contributed by atoms with Crippen molar-refractivity contribution < 1.29 is 4.74 Å². The van der Waals surface area contributed by atoms with E-state index in [0.717, 1.165) is 16.5 Å². The van der Waals surface area contributed by atoms with Crippen LogP contribution in [0.15, 0.2) is 29.4 Å². The van der Waals surface area contributed by atoms with Crippen LogP contribution < -0.4 is 4.74 Å². The highest BCUT2D eigenvalue weighted by molar-refractivity contribution is 7.99. The minimum atomic E-state index is 0.464. The molecular weight excluding hydrogens is 248 g/mol. The largest absolute Gasteiger partial charge is 0.497 e. The predicted molar refractivity (Wildman–Crippen MR) is 70.9 cm³/mol. The Balaban J connectivity index is 2.10. The van der Waals surface area contributed by atoms with Crippen LogP contribution in [0.4, 0.5) is 0 Å². The van der Waals surface area contributed by atoms with Gasteiger partial charge in [-0.05, 0) is 28.1 Å². The average Bonchev–Trinajstić information content (AvgIpc) is 2.77. The molecule has 0 saturated heterocycles. The molecule has 0 N–H and O–H groups in total. The van der Waals surface area contributed by atoms with Crippen molar-refractivity contribution in [3.05, 3.63) is 29.8 Å². The Morgan fingerprint density at radius 3 is 2.61 bits per heavy atom. The first-order valence-electron chi connectivity index (χ1n) is 5.75. The molecule has 0 spiro atoms. The van der Waals surface area contributed by atoms with E-state index < -0.39 is 0 Å². The fraction of sp³-hybridized carbons (Fsp3) is 0.417. The number of thioether (sulfide) groups is 1. The molecule has 0 amide bonds. The van der Waals surface area contributed by atoms with Crippen LogP contribution in [-0.2, 0) is 6.54 Å². The van der Waals surface area contributed by atoms with Crippen LogP contribution in [0.3, 0.4) is 0 Å². The molecule has 1 aromatic heterocycles. The third kappa shape index (κ3) is 3.22. The average molecular weight is 264 g/mol. The van der Waals surface area contributed by atoms with Gasteiger partial charge >= 0.3 is 0 Å². The summed E-state index contributed by atoms with van der Waals surface area (Å²) >= 11 is 1.66. The highest BCUT2D eigenvalue weighted by atomic mass is 32.2. The molecule has 1 heterocycles. The maximum atomic E-state index is 5.13. The van der Waals surface area contributed by atoms with Crippen molar-refractivity contribution in [1.29, 1.82) is 0 Å². The molecule has 2 aromatic rings. The van der Waals surface area contributed by atoms with Crippen molar-refractivity contribution in [3.63, 3.8) is 0 Å². The predicted octanol–water partition coefficient (Wildman–Crippen LogP) is 2.23. The van der Waals surface area contributed by atoms with Gasteiger partial charge in [0.15, 0.2) is 0 Å². The number of ether oxygens (including phenoxy) is 1. The molecule has 1 aromatic carbocycles. The van der Waals surface area contributed by atoms with Crippen molar-refractivity contribution in [2.75, 3.05) is 7.11 Å². The van der Waals surface area contributed by atoms with Crippen LogP contribution in [0, 0.1) is 0 Å². The monoisotopic (exact) mass is 264 g/mol. The molecule has 2 rings (SSSR count). The smallest absolute Gasteiger partial charge is 0.209 e. The molecule has 0 bridgehead atoms. The number of rotatable bonds is 5. The molecule has 0 aliphatic heterocycles. The number of nitrogens with zero attached hydrogens (tertiary/aromatic N) is 4. The van der Waals surface area contributed by atoms with Gasteiger partial charge in [0.25, 0.3) is 0 Å². The molecular formula is C12H16N4OS. The number of hydrogen-bond acceptors (Lipinski definition) is 5.